The van der Waals surface area contributed by atoms with E-state index in [4.69, 9.17) is 27.8 Å². The number of primary amides is 1. The Balaban J connectivity index is 1.57. The summed E-state index contributed by atoms with van der Waals surface area (Å²) in [5, 5.41) is 0.541. The van der Waals surface area contributed by atoms with E-state index in [0.29, 0.717) is 39.8 Å². The van der Waals surface area contributed by atoms with Crippen LogP contribution in [0, 0.1) is 18.8 Å². The summed E-state index contributed by atoms with van der Waals surface area (Å²) in [6, 6.07) is 15.6. The first-order chi connectivity index (χ1) is 21.9. The summed E-state index contributed by atoms with van der Waals surface area (Å²) >= 11 is 6.44. The van der Waals surface area contributed by atoms with Crippen molar-refractivity contribution in [3.05, 3.63) is 82.0 Å². The molecule has 1 aliphatic heterocycles. The number of carbonyl (C=O) groups is 1. The Morgan fingerprint density at radius 1 is 1.04 bits per heavy atom. The average molecular weight is 660 g/mol. The number of amides is 1. The number of aryl methyl sites for hydroxylation is 1. The third-order valence-electron chi connectivity index (χ3n) is 8.00. The first-order valence-corrected chi connectivity index (χ1v) is 18.5. The molecular weight excluding hydrogens is 618 g/mol. The summed E-state index contributed by atoms with van der Waals surface area (Å²) in [4.78, 5) is 26.5. The van der Waals surface area contributed by atoms with Gasteiger partial charge in [-0.2, -0.15) is 0 Å². The van der Waals surface area contributed by atoms with Crippen molar-refractivity contribution < 1.29 is 9.53 Å². The summed E-state index contributed by atoms with van der Waals surface area (Å²) in [5.74, 6) is 6.96. The van der Waals surface area contributed by atoms with Crippen molar-refractivity contribution in [2.24, 2.45) is 5.73 Å². The number of benzene rings is 2. The maximum Gasteiger partial charge on any atom is 0.250 e. The molecule has 4 N–H and O–H groups in total. The minimum atomic E-state index is -0.767. The topological polar surface area (TPSA) is 116 Å². The summed E-state index contributed by atoms with van der Waals surface area (Å²) in [6.07, 6.45) is 8.35. The van der Waals surface area contributed by atoms with Gasteiger partial charge in [0.1, 0.15) is 12.4 Å². The number of piperazine rings is 1. The molecule has 5 rings (SSSR count). The molecule has 2 aromatic carbocycles. The van der Waals surface area contributed by atoms with Gasteiger partial charge >= 0.3 is 0 Å². The molecule has 0 atom stereocenters. The van der Waals surface area contributed by atoms with Gasteiger partial charge in [0.05, 0.1) is 29.1 Å². The highest BCUT2D eigenvalue weighted by Gasteiger charge is 2.25. The van der Waals surface area contributed by atoms with Crippen molar-refractivity contribution in [2.45, 2.75) is 13.7 Å². The molecule has 4 aromatic rings. The smallest absolute Gasteiger partial charge is 0.250 e. The second-order valence-corrected chi connectivity index (χ2v) is 17.5. The van der Waals surface area contributed by atoms with Crippen LogP contribution in [0.4, 0.5) is 11.6 Å². The van der Waals surface area contributed by atoms with Crippen LogP contribution in [-0.4, -0.2) is 89.7 Å². The van der Waals surface area contributed by atoms with Crippen molar-refractivity contribution in [3.63, 3.8) is 0 Å². The van der Waals surface area contributed by atoms with Gasteiger partial charge < -0.3 is 30.6 Å². The van der Waals surface area contributed by atoms with Gasteiger partial charge in [-0.15, -0.1) is 0 Å². The number of nitrogen functional groups attached to an aromatic ring is 1. The fourth-order valence-corrected chi connectivity index (χ4v) is 6.10. The Labute approximate surface area is 278 Å². The summed E-state index contributed by atoms with van der Waals surface area (Å²) in [6.45, 7) is 6.76. The van der Waals surface area contributed by atoms with E-state index < -0.39 is 15.9 Å². The van der Waals surface area contributed by atoms with Crippen molar-refractivity contribution in [2.75, 3.05) is 75.0 Å². The second kappa shape index (κ2) is 14.2. The molecule has 0 bridgehead atoms. The van der Waals surface area contributed by atoms with Gasteiger partial charge in [0.25, 0.3) is 5.91 Å². The SMILES string of the molecule is Cc1ccc(Cl)cc1-c1c(C(N)=O)cc(-c2nc(N)ncc2C#Cc2ccc(N3CCN(C)CC3)cc2)n1COCCS(C)(C)C. The van der Waals surface area contributed by atoms with Crippen LogP contribution in [0.2, 0.25) is 5.02 Å². The number of nitrogens with zero attached hydrogens (tertiary/aromatic N) is 5. The van der Waals surface area contributed by atoms with Crippen LogP contribution in [0.25, 0.3) is 22.6 Å². The monoisotopic (exact) mass is 659 g/mol. The lowest BCUT2D eigenvalue weighted by Crippen LogP contribution is -2.44. The molecule has 1 saturated heterocycles. The van der Waals surface area contributed by atoms with Gasteiger partial charge in [-0.25, -0.2) is 20.0 Å². The van der Waals surface area contributed by atoms with Crippen molar-refractivity contribution in [1.29, 1.82) is 0 Å². The van der Waals surface area contributed by atoms with E-state index in [1.807, 2.05) is 41.8 Å². The normalized spacial score (nSPS) is 14.2. The molecule has 0 spiro atoms. The van der Waals surface area contributed by atoms with Gasteiger partial charge in [-0.3, -0.25) is 4.79 Å². The zero-order valence-corrected chi connectivity index (χ0v) is 28.7. The number of hydrogen-bond acceptors (Lipinski definition) is 7. The van der Waals surface area contributed by atoms with Crippen molar-refractivity contribution >= 4 is 39.2 Å². The quantitative estimate of drug-likeness (QED) is 0.190. The predicted molar refractivity (Wildman–Crippen MR) is 192 cm³/mol. The van der Waals surface area contributed by atoms with Crippen LogP contribution < -0.4 is 16.4 Å². The van der Waals surface area contributed by atoms with Gasteiger partial charge in [0, 0.05) is 60.0 Å². The minimum absolute atomic E-state index is 0.0863. The molecule has 9 nitrogen and oxygen atoms in total. The van der Waals surface area contributed by atoms with E-state index >= 15 is 0 Å². The van der Waals surface area contributed by atoms with Crippen LogP contribution in [0.5, 0.6) is 0 Å². The van der Waals surface area contributed by atoms with Crippen molar-refractivity contribution in [3.8, 4) is 34.5 Å². The number of likely N-dealkylation sites (N-methyl/N-ethyl adjacent to an activating group) is 1. The highest BCUT2D eigenvalue weighted by atomic mass is 35.5. The zero-order chi connectivity index (χ0) is 33.0. The lowest BCUT2D eigenvalue weighted by Gasteiger charge is -2.34. The van der Waals surface area contributed by atoms with E-state index in [-0.39, 0.29) is 12.7 Å². The third-order valence-corrected chi connectivity index (χ3v) is 9.63. The second-order valence-electron chi connectivity index (χ2n) is 12.5. The third kappa shape index (κ3) is 8.03. The Morgan fingerprint density at radius 2 is 1.76 bits per heavy atom. The molecular formula is C35H42ClN7O2S. The number of aromatic nitrogens is 3. The molecule has 2 aromatic heterocycles. The molecule has 0 radical (unpaired) electrons. The lowest BCUT2D eigenvalue weighted by atomic mass is 10.0. The molecule has 46 heavy (non-hydrogen) atoms. The maximum absolute atomic E-state index is 12.9. The largest absolute Gasteiger partial charge is 0.369 e. The molecule has 1 fully saturated rings. The zero-order valence-electron chi connectivity index (χ0n) is 27.1. The van der Waals surface area contributed by atoms with Crippen LogP contribution in [0.15, 0.2) is 54.7 Å². The minimum Gasteiger partial charge on any atom is -0.369 e. The van der Waals surface area contributed by atoms with E-state index in [1.54, 1.807) is 12.3 Å². The molecule has 1 aliphatic rings. The number of anilines is 2. The molecule has 3 heterocycles. The van der Waals surface area contributed by atoms with Crippen LogP contribution >= 0.6 is 21.6 Å². The van der Waals surface area contributed by atoms with Crippen LogP contribution in [-0.2, 0) is 11.5 Å². The molecule has 242 valence electrons. The van der Waals surface area contributed by atoms with E-state index in [1.165, 1.54) is 5.69 Å². The van der Waals surface area contributed by atoms with Gasteiger partial charge in [-0.1, -0.05) is 29.5 Å². The Hall–Kier alpha value is -4.01. The number of rotatable bonds is 9. The summed E-state index contributed by atoms with van der Waals surface area (Å²) in [5.41, 5.74) is 18.4. The van der Waals surface area contributed by atoms with Crippen LogP contribution in [0.3, 0.4) is 0 Å². The fraction of sp³-hybridized carbons (Fsp3) is 0.343. The summed E-state index contributed by atoms with van der Waals surface area (Å²) in [7, 11) is 1.38. The fourth-order valence-electron chi connectivity index (χ4n) is 5.31. The summed E-state index contributed by atoms with van der Waals surface area (Å²) < 4.78 is 8.14. The maximum atomic E-state index is 12.9. The van der Waals surface area contributed by atoms with Gasteiger partial charge in [-0.05, 0) is 80.8 Å². The van der Waals surface area contributed by atoms with E-state index in [0.717, 1.165) is 48.6 Å². The van der Waals surface area contributed by atoms with E-state index in [9.17, 15) is 4.79 Å². The van der Waals surface area contributed by atoms with Gasteiger partial charge in [0.15, 0.2) is 0 Å². The Bertz CT molecular complexity index is 1780. The molecule has 0 saturated carbocycles. The van der Waals surface area contributed by atoms with Crippen molar-refractivity contribution in [1.82, 2.24) is 19.4 Å². The molecule has 0 aliphatic carbocycles. The number of ether oxygens (including phenoxy) is 1. The highest BCUT2D eigenvalue weighted by molar-refractivity contribution is 8.32. The number of halogens is 1. The standard InChI is InChI=1S/C35H42ClN7O2S/c1-24-6-11-27(36)20-29(24)33-30(34(37)44)21-31(43(33)23-45-18-19-46(3,4)5)32-26(22-39-35(38)40-32)10-7-25-8-12-28(13-9-25)42-16-14-41(2)15-17-42/h6,8-9,11-13,20-22H,14-19,23H2,1-5H3,(H2,37,44)(H2,38,39,40). The lowest BCUT2D eigenvalue weighted by molar-refractivity contribution is 0.0917. The van der Waals surface area contributed by atoms with E-state index in [2.05, 4.69) is 69.6 Å². The number of hydrogen-bond donors (Lipinski definition) is 2. The highest BCUT2D eigenvalue weighted by Crippen LogP contribution is 2.37. The number of carbonyl (C=O) groups excluding carboxylic acids is 1. The number of nitrogens with two attached hydrogens (primary N) is 2. The first-order valence-electron chi connectivity index (χ1n) is 15.1. The molecule has 0 unspecified atom stereocenters. The Morgan fingerprint density at radius 3 is 2.43 bits per heavy atom. The predicted octanol–water partition coefficient (Wildman–Crippen LogP) is 5.07. The molecule has 11 heteroatoms. The molecule has 1 amide bonds. The Kier molecular flexibility index (Phi) is 10.3. The first kappa shape index (κ1) is 33.4. The average Bonchev–Trinajstić information content (AvgIpc) is 3.39. The van der Waals surface area contributed by atoms with Gasteiger partial charge in [0.2, 0.25) is 5.95 Å². The van der Waals surface area contributed by atoms with Crippen LogP contribution in [0.1, 0.15) is 27.0 Å².